The van der Waals surface area contributed by atoms with Crippen LogP contribution in [-0.2, 0) is 10.4 Å². The molecule has 1 aromatic carbocycles. The zero-order chi connectivity index (χ0) is 11.8. The number of aryl methyl sites for hydroxylation is 1. The highest BCUT2D eigenvalue weighted by Crippen LogP contribution is 2.47. The van der Waals surface area contributed by atoms with Gasteiger partial charge in [0.05, 0.1) is 6.42 Å². The first-order valence-corrected chi connectivity index (χ1v) is 5.53. The molecule has 2 N–H and O–H groups in total. The first-order valence-electron chi connectivity index (χ1n) is 5.53. The molecule has 0 bridgehead atoms. The van der Waals surface area contributed by atoms with E-state index in [0.29, 0.717) is 0 Å². The van der Waals surface area contributed by atoms with Crippen LogP contribution in [0.1, 0.15) is 30.4 Å². The van der Waals surface area contributed by atoms with Crippen LogP contribution < -0.4 is 0 Å². The van der Waals surface area contributed by atoms with Crippen LogP contribution >= 0.6 is 0 Å². The number of aliphatic carboxylic acids is 1. The molecule has 0 radical (unpaired) electrons. The second-order valence-electron chi connectivity index (χ2n) is 4.64. The molecule has 3 nitrogen and oxygen atoms in total. The van der Waals surface area contributed by atoms with Crippen molar-refractivity contribution in [3.8, 4) is 0 Å². The minimum atomic E-state index is -1.18. The van der Waals surface area contributed by atoms with Gasteiger partial charge in [0.25, 0.3) is 0 Å². The minimum Gasteiger partial charge on any atom is -0.481 e. The molecule has 0 spiro atoms. The average molecular weight is 220 g/mol. The predicted octanol–water partition coefficient (Wildman–Crippen LogP) is 2.07. The lowest BCUT2D eigenvalue weighted by atomic mass is 9.85. The molecule has 1 aliphatic carbocycles. The van der Waals surface area contributed by atoms with Crippen LogP contribution in [0.2, 0.25) is 0 Å². The van der Waals surface area contributed by atoms with E-state index in [0.717, 1.165) is 24.0 Å². The van der Waals surface area contributed by atoms with Gasteiger partial charge in [-0.25, -0.2) is 0 Å². The summed E-state index contributed by atoms with van der Waals surface area (Å²) < 4.78 is 0. The zero-order valence-electron chi connectivity index (χ0n) is 9.31. The fourth-order valence-corrected chi connectivity index (χ4v) is 2.12. The summed E-state index contributed by atoms with van der Waals surface area (Å²) in [5.41, 5.74) is 0.653. The van der Waals surface area contributed by atoms with E-state index in [4.69, 9.17) is 5.11 Å². The largest absolute Gasteiger partial charge is 0.481 e. The van der Waals surface area contributed by atoms with E-state index in [1.54, 1.807) is 0 Å². The van der Waals surface area contributed by atoms with Gasteiger partial charge in [0, 0.05) is 0 Å². The number of hydrogen-bond acceptors (Lipinski definition) is 2. The van der Waals surface area contributed by atoms with Crippen LogP contribution in [0.15, 0.2) is 24.3 Å². The van der Waals surface area contributed by atoms with E-state index < -0.39 is 11.6 Å². The molecule has 86 valence electrons. The number of carbonyl (C=O) groups is 1. The highest BCUT2D eigenvalue weighted by atomic mass is 16.4. The van der Waals surface area contributed by atoms with Crippen molar-refractivity contribution < 1.29 is 15.0 Å². The summed E-state index contributed by atoms with van der Waals surface area (Å²) >= 11 is 0. The lowest BCUT2D eigenvalue weighted by molar-refractivity contribution is -0.144. The number of carboxylic acids is 1. The van der Waals surface area contributed by atoms with E-state index in [2.05, 4.69) is 0 Å². The van der Waals surface area contributed by atoms with Crippen molar-refractivity contribution in [3.63, 3.8) is 0 Å². The van der Waals surface area contributed by atoms with Crippen molar-refractivity contribution in [1.82, 2.24) is 0 Å². The Balaban J connectivity index is 2.31. The molecule has 16 heavy (non-hydrogen) atoms. The molecule has 2 rings (SSSR count). The zero-order valence-corrected chi connectivity index (χ0v) is 9.31. The first kappa shape index (κ1) is 11.1. The van der Waals surface area contributed by atoms with Gasteiger partial charge in [0.15, 0.2) is 0 Å². The molecule has 0 aromatic heterocycles. The highest BCUT2D eigenvalue weighted by molar-refractivity contribution is 5.68. The summed E-state index contributed by atoms with van der Waals surface area (Å²) in [4.78, 5) is 10.8. The van der Waals surface area contributed by atoms with Crippen molar-refractivity contribution in [1.29, 1.82) is 0 Å². The fourth-order valence-electron chi connectivity index (χ4n) is 2.12. The standard InChI is InChI=1S/C13H16O3/c1-9-2-4-10(5-3-9)13(16,8-12(14)15)11-6-7-11/h2-5,11,16H,6-8H2,1H3,(H,14,15). The molecule has 1 atom stereocenters. The second-order valence-corrected chi connectivity index (χ2v) is 4.64. The number of carboxylic acid groups (broad SMARTS) is 1. The van der Waals surface area contributed by atoms with E-state index in [9.17, 15) is 9.90 Å². The van der Waals surface area contributed by atoms with Gasteiger partial charge < -0.3 is 10.2 Å². The van der Waals surface area contributed by atoms with Gasteiger partial charge in [-0.05, 0) is 31.2 Å². The molecule has 0 amide bonds. The maximum Gasteiger partial charge on any atom is 0.306 e. The molecular formula is C13H16O3. The minimum absolute atomic E-state index is 0.103. The third-order valence-corrected chi connectivity index (χ3v) is 3.22. The molecule has 0 saturated heterocycles. The Morgan fingerprint density at radius 1 is 1.38 bits per heavy atom. The predicted molar refractivity (Wildman–Crippen MR) is 60.1 cm³/mol. The van der Waals surface area contributed by atoms with Gasteiger partial charge in [0.1, 0.15) is 5.60 Å². The molecule has 1 aromatic rings. The summed E-state index contributed by atoms with van der Waals surface area (Å²) in [6.07, 6.45) is 1.62. The van der Waals surface area contributed by atoms with E-state index in [-0.39, 0.29) is 12.3 Å². The van der Waals surface area contributed by atoms with Crippen LogP contribution in [0.25, 0.3) is 0 Å². The van der Waals surface area contributed by atoms with Crippen molar-refractivity contribution >= 4 is 5.97 Å². The Bertz CT molecular complexity index is 392. The highest BCUT2D eigenvalue weighted by Gasteiger charge is 2.46. The lowest BCUT2D eigenvalue weighted by Crippen LogP contribution is -2.31. The molecular weight excluding hydrogens is 204 g/mol. The van der Waals surface area contributed by atoms with E-state index >= 15 is 0 Å². The molecule has 0 heterocycles. The third kappa shape index (κ3) is 2.09. The van der Waals surface area contributed by atoms with Gasteiger partial charge in [-0.15, -0.1) is 0 Å². The molecule has 1 saturated carbocycles. The number of benzene rings is 1. The summed E-state index contributed by atoms with van der Waals surface area (Å²) in [6.45, 7) is 1.97. The summed E-state index contributed by atoms with van der Waals surface area (Å²) in [5.74, 6) is -0.846. The van der Waals surface area contributed by atoms with E-state index in [1.165, 1.54) is 0 Å². The summed E-state index contributed by atoms with van der Waals surface area (Å²) in [5, 5.41) is 19.4. The van der Waals surface area contributed by atoms with Crippen LogP contribution in [0, 0.1) is 12.8 Å². The van der Waals surface area contributed by atoms with Gasteiger partial charge in [-0.2, -0.15) is 0 Å². The second kappa shape index (κ2) is 3.91. The Labute approximate surface area is 94.7 Å². The van der Waals surface area contributed by atoms with Crippen molar-refractivity contribution in [2.45, 2.75) is 31.8 Å². The number of hydrogen-bond donors (Lipinski definition) is 2. The van der Waals surface area contributed by atoms with Gasteiger partial charge >= 0.3 is 5.97 Å². The topological polar surface area (TPSA) is 57.5 Å². The van der Waals surface area contributed by atoms with Gasteiger partial charge in [-0.3, -0.25) is 4.79 Å². The lowest BCUT2D eigenvalue weighted by Gasteiger charge is -2.27. The summed E-state index contributed by atoms with van der Waals surface area (Å²) in [7, 11) is 0. The molecule has 1 aliphatic rings. The van der Waals surface area contributed by atoms with E-state index in [1.807, 2.05) is 31.2 Å². The molecule has 0 aliphatic heterocycles. The van der Waals surface area contributed by atoms with Crippen molar-refractivity contribution in [2.75, 3.05) is 0 Å². The Morgan fingerprint density at radius 3 is 2.38 bits per heavy atom. The Hall–Kier alpha value is -1.35. The van der Waals surface area contributed by atoms with Crippen molar-refractivity contribution in [3.05, 3.63) is 35.4 Å². The first-order chi connectivity index (χ1) is 7.52. The van der Waals surface area contributed by atoms with Crippen LogP contribution in [0.4, 0.5) is 0 Å². The average Bonchev–Trinajstić information content (AvgIpc) is 3.00. The Kier molecular flexibility index (Phi) is 2.72. The van der Waals surface area contributed by atoms with Crippen molar-refractivity contribution in [2.24, 2.45) is 5.92 Å². The third-order valence-electron chi connectivity index (χ3n) is 3.22. The molecule has 3 heteroatoms. The van der Waals surface area contributed by atoms with Crippen LogP contribution in [-0.4, -0.2) is 16.2 Å². The fraction of sp³-hybridized carbons (Fsp3) is 0.462. The molecule has 1 unspecified atom stereocenters. The maximum atomic E-state index is 10.8. The SMILES string of the molecule is Cc1ccc(C(O)(CC(=O)O)C2CC2)cc1. The molecule has 1 fully saturated rings. The maximum absolute atomic E-state index is 10.8. The van der Waals surface area contributed by atoms with Crippen LogP contribution in [0.5, 0.6) is 0 Å². The monoisotopic (exact) mass is 220 g/mol. The van der Waals surface area contributed by atoms with Crippen LogP contribution in [0.3, 0.4) is 0 Å². The summed E-state index contributed by atoms with van der Waals surface area (Å²) in [6, 6.07) is 7.47. The number of rotatable bonds is 4. The quantitative estimate of drug-likeness (QED) is 0.816. The smallest absolute Gasteiger partial charge is 0.306 e. The normalized spacial score (nSPS) is 19.1. The van der Waals surface area contributed by atoms with Gasteiger partial charge in [-0.1, -0.05) is 29.8 Å². The Morgan fingerprint density at radius 2 is 1.94 bits per heavy atom. The number of aliphatic hydroxyl groups is 1. The van der Waals surface area contributed by atoms with Gasteiger partial charge in [0.2, 0.25) is 0 Å².